The van der Waals surface area contributed by atoms with Crippen molar-refractivity contribution in [3.8, 4) is 0 Å². The van der Waals surface area contributed by atoms with Gasteiger partial charge in [0.25, 0.3) is 0 Å². The van der Waals surface area contributed by atoms with E-state index >= 15 is 0 Å². The first kappa shape index (κ1) is 12.6. The fourth-order valence-electron chi connectivity index (χ4n) is 4.73. The zero-order valence-electron chi connectivity index (χ0n) is 12.5. The van der Waals surface area contributed by atoms with Crippen LogP contribution in [0.2, 0.25) is 0 Å². The molecular weight excluding hydrogens is 232 g/mol. The van der Waals surface area contributed by atoms with Gasteiger partial charge < -0.3 is 5.32 Å². The lowest BCUT2D eigenvalue weighted by atomic mass is 9.85. The van der Waals surface area contributed by atoms with Crippen molar-refractivity contribution >= 4 is 0 Å². The smallest absolute Gasteiger partial charge is 0.0309 e. The second-order valence-corrected chi connectivity index (χ2v) is 7.94. The molecule has 1 saturated heterocycles. The van der Waals surface area contributed by atoms with E-state index in [-0.39, 0.29) is 0 Å². The van der Waals surface area contributed by atoms with Crippen LogP contribution in [0.3, 0.4) is 0 Å². The number of hydrogen-bond acceptors (Lipinski definition) is 2. The third-order valence-electron chi connectivity index (χ3n) is 6.34. The first-order chi connectivity index (χ1) is 9.26. The summed E-state index contributed by atoms with van der Waals surface area (Å²) in [5.41, 5.74) is 0.433. The van der Waals surface area contributed by atoms with Gasteiger partial charge in [-0.1, -0.05) is 19.3 Å². The highest BCUT2D eigenvalue weighted by molar-refractivity contribution is 5.07. The molecule has 2 unspecified atom stereocenters. The number of hydrogen-bond donors (Lipinski definition) is 1. The van der Waals surface area contributed by atoms with Crippen LogP contribution in [0, 0.1) is 11.8 Å². The van der Waals surface area contributed by atoms with Crippen molar-refractivity contribution in [2.75, 3.05) is 13.1 Å². The fourth-order valence-corrected chi connectivity index (χ4v) is 4.73. The molecule has 2 nitrogen and oxygen atoms in total. The molecular formula is C17H30N2. The predicted molar refractivity (Wildman–Crippen MR) is 79.2 cm³/mol. The Bertz CT molecular complexity index is 328. The summed E-state index contributed by atoms with van der Waals surface area (Å²) in [5, 5.41) is 3.96. The molecule has 0 bridgehead atoms. The first-order valence-electron chi connectivity index (χ1n) is 8.77. The van der Waals surface area contributed by atoms with E-state index in [1.54, 1.807) is 0 Å². The van der Waals surface area contributed by atoms with Gasteiger partial charge >= 0.3 is 0 Å². The highest BCUT2D eigenvalue weighted by atomic mass is 15.3. The van der Waals surface area contributed by atoms with E-state index in [2.05, 4.69) is 17.1 Å². The molecule has 0 amide bonds. The SMILES string of the molecule is CC1(C2CC2)CN(C2CCCCC2)C(C2CC2)CN1. The lowest BCUT2D eigenvalue weighted by molar-refractivity contribution is 0.0156. The summed E-state index contributed by atoms with van der Waals surface area (Å²) < 4.78 is 0. The van der Waals surface area contributed by atoms with Crippen LogP contribution in [-0.4, -0.2) is 35.6 Å². The molecule has 0 aromatic heterocycles. The van der Waals surface area contributed by atoms with Crippen molar-refractivity contribution in [1.29, 1.82) is 0 Å². The van der Waals surface area contributed by atoms with E-state index in [1.165, 1.54) is 70.9 Å². The number of piperazine rings is 1. The van der Waals surface area contributed by atoms with Crippen molar-refractivity contribution in [3.05, 3.63) is 0 Å². The molecule has 108 valence electrons. The monoisotopic (exact) mass is 262 g/mol. The van der Waals surface area contributed by atoms with Crippen LogP contribution in [0.4, 0.5) is 0 Å². The van der Waals surface area contributed by atoms with Crippen LogP contribution in [0.5, 0.6) is 0 Å². The third kappa shape index (κ3) is 2.47. The van der Waals surface area contributed by atoms with E-state index in [9.17, 15) is 0 Å². The lowest BCUT2D eigenvalue weighted by Crippen LogP contribution is -2.66. The van der Waals surface area contributed by atoms with Gasteiger partial charge in [0.05, 0.1) is 0 Å². The average molecular weight is 262 g/mol. The highest BCUT2D eigenvalue weighted by Gasteiger charge is 2.50. The van der Waals surface area contributed by atoms with Crippen LogP contribution >= 0.6 is 0 Å². The van der Waals surface area contributed by atoms with Crippen molar-refractivity contribution in [3.63, 3.8) is 0 Å². The largest absolute Gasteiger partial charge is 0.308 e. The zero-order chi connectivity index (χ0) is 12.9. The zero-order valence-corrected chi connectivity index (χ0v) is 12.5. The predicted octanol–water partition coefficient (Wildman–Crippen LogP) is 3.17. The summed E-state index contributed by atoms with van der Waals surface area (Å²) in [7, 11) is 0. The van der Waals surface area contributed by atoms with Crippen LogP contribution < -0.4 is 5.32 Å². The molecule has 4 fully saturated rings. The maximum atomic E-state index is 3.96. The van der Waals surface area contributed by atoms with Crippen LogP contribution in [0.15, 0.2) is 0 Å². The Hall–Kier alpha value is -0.0800. The van der Waals surface area contributed by atoms with E-state index in [0.717, 1.165) is 23.9 Å². The van der Waals surface area contributed by atoms with Crippen molar-refractivity contribution in [1.82, 2.24) is 10.2 Å². The molecule has 3 saturated carbocycles. The second-order valence-electron chi connectivity index (χ2n) is 7.94. The Morgan fingerprint density at radius 2 is 1.68 bits per heavy atom. The van der Waals surface area contributed by atoms with Crippen LogP contribution in [-0.2, 0) is 0 Å². The third-order valence-corrected chi connectivity index (χ3v) is 6.34. The van der Waals surface area contributed by atoms with E-state index < -0.39 is 0 Å². The molecule has 0 aromatic carbocycles. The molecule has 1 N–H and O–H groups in total. The van der Waals surface area contributed by atoms with Gasteiger partial charge in [-0.2, -0.15) is 0 Å². The maximum Gasteiger partial charge on any atom is 0.0309 e. The van der Waals surface area contributed by atoms with Crippen LogP contribution in [0.1, 0.15) is 64.7 Å². The Morgan fingerprint density at radius 3 is 2.32 bits per heavy atom. The molecule has 1 heterocycles. The molecule has 2 atom stereocenters. The normalized spacial score (nSPS) is 42.5. The quantitative estimate of drug-likeness (QED) is 0.840. The summed E-state index contributed by atoms with van der Waals surface area (Å²) in [6.45, 7) is 5.11. The summed E-state index contributed by atoms with van der Waals surface area (Å²) >= 11 is 0. The molecule has 4 aliphatic rings. The van der Waals surface area contributed by atoms with E-state index in [0.29, 0.717) is 5.54 Å². The summed E-state index contributed by atoms with van der Waals surface area (Å²) in [4.78, 5) is 2.98. The fraction of sp³-hybridized carbons (Fsp3) is 1.00. The van der Waals surface area contributed by atoms with Gasteiger partial charge in [-0.3, -0.25) is 4.90 Å². The highest BCUT2D eigenvalue weighted by Crippen LogP contribution is 2.45. The molecule has 3 aliphatic carbocycles. The molecule has 0 aromatic rings. The van der Waals surface area contributed by atoms with E-state index in [4.69, 9.17) is 0 Å². The van der Waals surface area contributed by atoms with Gasteiger partial charge in [0.15, 0.2) is 0 Å². The molecule has 0 radical (unpaired) electrons. The molecule has 19 heavy (non-hydrogen) atoms. The topological polar surface area (TPSA) is 15.3 Å². The lowest BCUT2D eigenvalue weighted by Gasteiger charge is -2.51. The summed E-state index contributed by atoms with van der Waals surface area (Å²) in [6, 6.07) is 1.79. The second kappa shape index (κ2) is 4.73. The number of nitrogens with zero attached hydrogens (tertiary/aromatic N) is 1. The summed E-state index contributed by atoms with van der Waals surface area (Å²) in [5.74, 6) is 2.00. The van der Waals surface area contributed by atoms with E-state index in [1.807, 2.05) is 0 Å². The average Bonchev–Trinajstić information content (AvgIpc) is 3.31. The standard InChI is InChI=1S/C17H30N2/c1-17(14-9-10-14)12-19(15-5-3-2-4-6-15)16(11-18-17)13-7-8-13/h13-16,18H,2-12H2,1H3. The van der Waals surface area contributed by atoms with Gasteiger partial charge in [-0.15, -0.1) is 0 Å². The minimum absolute atomic E-state index is 0.433. The van der Waals surface area contributed by atoms with Gasteiger partial charge in [-0.25, -0.2) is 0 Å². The van der Waals surface area contributed by atoms with Gasteiger partial charge in [0.2, 0.25) is 0 Å². The van der Waals surface area contributed by atoms with Gasteiger partial charge in [0.1, 0.15) is 0 Å². The Morgan fingerprint density at radius 1 is 0.947 bits per heavy atom. The molecule has 2 heteroatoms. The first-order valence-corrected chi connectivity index (χ1v) is 8.77. The summed E-state index contributed by atoms with van der Waals surface area (Å²) in [6.07, 6.45) is 13.3. The number of rotatable bonds is 3. The minimum atomic E-state index is 0.433. The Kier molecular flexibility index (Phi) is 3.15. The van der Waals surface area contributed by atoms with Gasteiger partial charge in [-0.05, 0) is 57.3 Å². The van der Waals surface area contributed by atoms with Gasteiger partial charge in [0, 0.05) is 30.7 Å². The minimum Gasteiger partial charge on any atom is -0.308 e. The van der Waals surface area contributed by atoms with Crippen molar-refractivity contribution in [2.24, 2.45) is 11.8 Å². The van der Waals surface area contributed by atoms with Crippen molar-refractivity contribution in [2.45, 2.75) is 82.3 Å². The molecule has 1 aliphatic heterocycles. The Labute approximate surface area is 118 Å². The van der Waals surface area contributed by atoms with Crippen molar-refractivity contribution < 1.29 is 0 Å². The molecule has 4 rings (SSSR count). The number of nitrogens with one attached hydrogen (secondary N) is 1. The maximum absolute atomic E-state index is 3.96. The molecule has 0 spiro atoms. The van der Waals surface area contributed by atoms with Crippen LogP contribution in [0.25, 0.3) is 0 Å². The Balaban J connectivity index is 1.51.